The molecule has 1 aromatic heterocycles. The number of hydrogen-bond acceptors (Lipinski definition) is 5. The van der Waals surface area contributed by atoms with Crippen molar-refractivity contribution in [2.75, 3.05) is 13.1 Å². The van der Waals surface area contributed by atoms with Gasteiger partial charge in [0.05, 0.1) is 6.54 Å². The van der Waals surface area contributed by atoms with Crippen molar-refractivity contribution < 1.29 is 27.5 Å². The van der Waals surface area contributed by atoms with Crippen LogP contribution < -0.4 is 10.0 Å². The first-order chi connectivity index (χ1) is 9.27. The summed E-state index contributed by atoms with van der Waals surface area (Å²) in [6.45, 7) is 3.23. The molecule has 0 radical (unpaired) electrons. The van der Waals surface area contributed by atoms with E-state index in [0.717, 1.165) is 12.5 Å². The molecule has 1 rings (SSSR count). The van der Waals surface area contributed by atoms with Crippen LogP contribution in [0, 0.1) is 6.92 Å². The topological polar surface area (TPSA) is 126 Å². The van der Waals surface area contributed by atoms with Crippen LogP contribution in [0.1, 0.15) is 29.7 Å². The van der Waals surface area contributed by atoms with Gasteiger partial charge in [-0.15, -0.1) is 0 Å². The monoisotopic (exact) mass is 304 g/mol. The molecule has 0 aliphatic carbocycles. The number of carbonyl (C=O) groups excluding carboxylic acids is 1. The summed E-state index contributed by atoms with van der Waals surface area (Å²) in [6.07, 6.45) is 0.737. The molecule has 0 saturated carbocycles. The maximum atomic E-state index is 11.9. The third-order valence-corrected chi connectivity index (χ3v) is 3.88. The highest BCUT2D eigenvalue weighted by Gasteiger charge is 2.24. The number of carboxylic acids is 1. The number of carbonyl (C=O) groups is 2. The fourth-order valence-electron chi connectivity index (χ4n) is 1.40. The van der Waals surface area contributed by atoms with E-state index in [4.69, 9.17) is 9.52 Å². The van der Waals surface area contributed by atoms with Crippen molar-refractivity contribution in [2.24, 2.45) is 0 Å². The molecule has 0 fully saturated rings. The molecule has 3 N–H and O–H groups in total. The van der Waals surface area contributed by atoms with E-state index >= 15 is 0 Å². The van der Waals surface area contributed by atoms with E-state index in [1.165, 1.54) is 6.92 Å². The summed E-state index contributed by atoms with van der Waals surface area (Å²) in [7, 11) is -3.99. The Morgan fingerprint density at radius 3 is 2.55 bits per heavy atom. The van der Waals surface area contributed by atoms with Crippen LogP contribution in [-0.2, 0) is 14.8 Å². The molecule has 9 heteroatoms. The standard InChI is InChI=1S/C11H16N2O6S/c1-3-4-12-10(14)6-13-20(17,18)9-5-8(11(15)16)19-7(9)2/h5,13H,3-4,6H2,1-2H3,(H,12,14)(H,15,16). The van der Waals surface area contributed by atoms with Crippen molar-refractivity contribution in [3.05, 3.63) is 17.6 Å². The van der Waals surface area contributed by atoms with Gasteiger partial charge in [-0.25, -0.2) is 17.9 Å². The zero-order chi connectivity index (χ0) is 15.3. The number of amides is 1. The first kappa shape index (κ1) is 16.2. The fourth-order valence-corrected chi connectivity index (χ4v) is 2.56. The molecule has 1 amide bonds. The van der Waals surface area contributed by atoms with E-state index in [0.29, 0.717) is 6.54 Å². The first-order valence-corrected chi connectivity index (χ1v) is 7.36. The van der Waals surface area contributed by atoms with Crippen LogP contribution >= 0.6 is 0 Å². The van der Waals surface area contributed by atoms with Gasteiger partial charge < -0.3 is 14.8 Å². The van der Waals surface area contributed by atoms with Gasteiger partial charge in [-0.05, 0) is 13.3 Å². The number of hydrogen-bond donors (Lipinski definition) is 3. The quantitative estimate of drug-likeness (QED) is 0.655. The van der Waals surface area contributed by atoms with Gasteiger partial charge in [-0.1, -0.05) is 6.92 Å². The second kappa shape index (κ2) is 6.53. The Labute approximate surface area is 116 Å². The second-order valence-corrected chi connectivity index (χ2v) is 5.75. The van der Waals surface area contributed by atoms with Crippen LogP contribution in [-0.4, -0.2) is 38.5 Å². The Balaban J connectivity index is 2.79. The minimum absolute atomic E-state index is 0.0520. The molecule has 0 bridgehead atoms. The summed E-state index contributed by atoms with van der Waals surface area (Å²) in [5.74, 6) is -2.35. The van der Waals surface area contributed by atoms with Gasteiger partial charge in [0.15, 0.2) is 0 Å². The average molecular weight is 304 g/mol. The molecule has 0 unspecified atom stereocenters. The summed E-state index contributed by atoms with van der Waals surface area (Å²) >= 11 is 0. The number of furan rings is 1. The minimum atomic E-state index is -3.99. The molecule has 0 saturated heterocycles. The van der Waals surface area contributed by atoms with Gasteiger partial charge in [-0.3, -0.25) is 4.79 Å². The number of nitrogens with one attached hydrogen (secondary N) is 2. The van der Waals surface area contributed by atoms with Gasteiger partial charge in [0.1, 0.15) is 10.7 Å². The Bertz CT molecular complexity index is 604. The van der Waals surface area contributed by atoms with Crippen LogP contribution in [0.5, 0.6) is 0 Å². The normalized spacial score (nSPS) is 11.3. The molecular formula is C11H16N2O6S. The highest BCUT2D eigenvalue weighted by Crippen LogP contribution is 2.19. The van der Waals surface area contributed by atoms with Crippen LogP contribution in [0.4, 0.5) is 0 Å². The smallest absolute Gasteiger partial charge is 0.371 e. The van der Waals surface area contributed by atoms with Gasteiger partial charge in [0.2, 0.25) is 21.7 Å². The van der Waals surface area contributed by atoms with Crippen LogP contribution in [0.15, 0.2) is 15.4 Å². The Kier molecular flexibility index (Phi) is 5.28. The summed E-state index contributed by atoms with van der Waals surface area (Å²) < 4.78 is 30.7. The van der Waals surface area contributed by atoms with Crippen molar-refractivity contribution in [3.63, 3.8) is 0 Å². The van der Waals surface area contributed by atoms with Crippen LogP contribution in [0.3, 0.4) is 0 Å². The van der Waals surface area contributed by atoms with E-state index in [-0.39, 0.29) is 10.7 Å². The fraction of sp³-hybridized carbons (Fsp3) is 0.455. The molecular weight excluding hydrogens is 288 g/mol. The number of aromatic carboxylic acids is 1. The molecule has 112 valence electrons. The molecule has 8 nitrogen and oxygen atoms in total. The molecule has 1 heterocycles. The lowest BCUT2D eigenvalue weighted by Crippen LogP contribution is -2.37. The van der Waals surface area contributed by atoms with Gasteiger partial charge >= 0.3 is 5.97 Å². The Morgan fingerprint density at radius 1 is 1.40 bits per heavy atom. The SMILES string of the molecule is CCCNC(=O)CNS(=O)(=O)c1cc(C(=O)O)oc1C. The minimum Gasteiger partial charge on any atom is -0.475 e. The maximum absolute atomic E-state index is 11.9. The number of aryl methyl sites for hydroxylation is 1. The van der Waals surface area contributed by atoms with E-state index in [1.54, 1.807) is 0 Å². The first-order valence-electron chi connectivity index (χ1n) is 5.88. The van der Waals surface area contributed by atoms with E-state index in [1.807, 2.05) is 6.92 Å². The molecule has 0 aliphatic rings. The van der Waals surface area contributed by atoms with Crippen LogP contribution in [0.25, 0.3) is 0 Å². The maximum Gasteiger partial charge on any atom is 0.371 e. The summed E-state index contributed by atoms with van der Waals surface area (Å²) in [4.78, 5) is 21.7. The highest BCUT2D eigenvalue weighted by molar-refractivity contribution is 7.89. The second-order valence-electron chi connectivity index (χ2n) is 4.01. The Morgan fingerprint density at radius 2 is 2.05 bits per heavy atom. The predicted molar refractivity (Wildman–Crippen MR) is 68.9 cm³/mol. The summed E-state index contributed by atoms with van der Waals surface area (Å²) in [6, 6.07) is 0.907. The molecule has 20 heavy (non-hydrogen) atoms. The largest absolute Gasteiger partial charge is 0.475 e. The van der Waals surface area contributed by atoms with Crippen molar-refractivity contribution in [3.8, 4) is 0 Å². The van der Waals surface area contributed by atoms with Crippen molar-refractivity contribution in [2.45, 2.75) is 25.2 Å². The van der Waals surface area contributed by atoms with Crippen molar-refractivity contribution >= 4 is 21.9 Å². The van der Waals surface area contributed by atoms with E-state index in [2.05, 4.69) is 10.0 Å². The Hall–Kier alpha value is -1.87. The molecule has 0 atom stereocenters. The lowest BCUT2D eigenvalue weighted by atomic mass is 10.4. The lowest BCUT2D eigenvalue weighted by Gasteiger charge is -2.06. The van der Waals surface area contributed by atoms with Gasteiger partial charge in [0.25, 0.3) is 0 Å². The number of carboxylic acid groups (broad SMARTS) is 1. The van der Waals surface area contributed by atoms with Crippen molar-refractivity contribution in [1.82, 2.24) is 10.0 Å². The zero-order valence-electron chi connectivity index (χ0n) is 11.1. The molecule has 0 aliphatic heterocycles. The third-order valence-electron chi connectivity index (χ3n) is 2.37. The van der Waals surface area contributed by atoms with E-state index in [9.17, 15) is 18.0 Å². The summed E-state index contributed by atoms with van der Waals surface area (Å²) in [5.41, 5.74) is 0. The third kappa shape index (κ3) is 4.07. The average Bonchev–Trinajstić information content (AvgIpc) is 2.77. The van der Waals surface area contributed by atoms with Gasteiger partial charge in [0, 0.05) is 12.6 Å². The molecule has 0 spiro atoms. The number of rotatable bonds is 7. The molecule has 0 aromatic carbocycles. The van der Waals surface area contributed by atoms with Gasteiger partial charge in [-0.2, -0.15) is 0 Å². The zero-order valence-corrected chi connectivity index (χ0v) is 11.9. The number of sulfonamides is 1. The lowest BCUT2D eigenvalue weighted by molar-refractivity contribution is -0.119. The highest BCUT2D eigenvalue weighted by atomic mass is 32.2. The molecule has 1 aromatic rings. The predicted octanol–water partition coefficient (Wildman–Crippen LogP) is 0.0907. The van der Waals surface area contributed by atoms with Crippen LogP contribution in [0.2, 0.25) is 0 Å². The van der Waals surface area contributed by atoms with E-state index < -0.39 is 34.2 Å². The van der Waals surface area contributed by atoms with Crippen molar-refractivity contribution in [1.29, 1.82) is 0 Å². The summed E-state index contributed by atoms with van der Waals surface area (Å²) in [5, 5.41) is 11.2.